The summed E-state index contributed by atoms with van der Waals surface area (Å²) >= 11 is 12.8. The van der Waals surface area contributed by atoms with Crippen molar-refractivity contribution >= 4 is 28.9 Å². The minimum absolute atomic E-state index is 0.112. The van der Waals surface area contributed by atoms with Crippen LogP contribution in [0.3, 0.4) is 0 Å². The normalized spacial score (nSPS) is 18.0. The van der Waals surface area contributed by atoms with Crippen molar-refractivity contribution in [1.29, 1.82) is 0 Å². The number of piperidine rings is 1. The van der Waals surface area contributed by atoms with Gasteiger partial charge in [0, 0.05) is 48.7 Å². The van der Waals surface area contributed by atoms with Gasteiger partial charge in [0.05, 0.1) is 28.8 Å². The van der Waals surface area contributed by atoms with Crippen LogP contribution in [0.1, 0.15) is 48.5 Å². The summed E-state index contributed by atoms with van der Waals surface area (Å²) in [4.78, 5) is 1.89. The molecule has 0 unspecified atom stereocenters. The van der Waals surface area contributed by atoms with Gasteiger partial charge in [0.2, 0.25) is 0 Å². The van der Waals surface area contributed by atoms with Crippen LogP contribution in [0.15, 0.2) is 47.0 Å². The van der Waals surface area contributed by atoms with Gasteiger partial charge in [0.15, 0.2) is 0 Å². The van der Waals surface area contributed by atoms with Crippen LogP contribution < -0.4 is 4.90 Å². The molecular formula is C26H24Cl2F4N2O2. The summed E-state index contributed by atoms with van der Waals surface area (Å²) in [5.41, 5.74) is 0.214. The molecule has 0 bridgehead atoms. The van der Waals surface area contributed by atoms with E-state index in [1.54, 1.807) is 18.2 Å². The Balaban J connectivity index is 1.23. The molecule has 4 nitrogen and oxygen atoms in total. The second-order valence-corrected chi connectivity index (χ2v) is 10.2. The van der Waals surface area contributed by atoms with Gasteiger partial charge in [0.1, 0.15) is 17.1 Å². The molecule has 1 saturated heterocycles. The van der Waals surface area contributed by atoms with Crippen molar-refractivity contribution in [2.24, 2.45) is 0 Å². The average Bonchev–Trinajstić information content (AvgIpc) is 3.60. The van der Waals surface area contributed by atoms with E-state index in [1.165, 1.54) is 12.1 Å². The van der Waals surface area contributed by atoms with Crippen LogP contribution in [0, 0.1) is 0 Å². The van der Waals surface area contributed by atoms with E-state index < -0.39 is 17.4 Å². The van der Waals surface area contributed by atoms with E-state index in [4.69, 9.17) is 32.5 Å². The van der Waals surface area contributed by atoms with E-state index in [0.29, 0.717) is 40.1 Å². The minimum Gasteiger partial charge on any atom is -0.373 e. The fourth-order valence-corrected chi connectivity index (χ4v) is 5.13. The second-order valence-electron chi connectivity index (χ2n) is 9.42. The highest BCUT2D eigenvalue weighted by molar-refractivity contribution is 6.39. The summed E-state index contributed by atoms with van der Waals surface area (Å²) < 4.78 is 65.5. The third-order valence-electron chi connectivity index (χ3n) is 6.79. The molecule has 0 atom stereocenters. The second kappa shape index (κ2) is 9.88. The molecule has 0 N–H and O–H groups in total. The highest BCUT2D eigenvalue weighted by atomic mass is 35.5. The molecule has 2 fully saturated rings. The van der Waals surface area contributed by atoms with E-state index in [0.717, 1.165) is 36.3 Å². The molecule has 5 rings (SSSR count). The quantitative estimate of drug-likeness (QED) is 0.283. The molecule has 2 heterocycles. The van der Waals surface area contributed by atoms with E-state index in [9.17, 15) is 13.2 Å². The lowest BCUT2D eigenvalue weighted by Crippen LogP contribution is -2.44. The molecule has 192 valence electrons. The Kier molecular flexibility index (Phi) is 6.96. The molecule has 10 heteroatoms. The number of alkyl halides is 4. The van der Waals surface area contributed by atoms with E-state index >= 15 is 4.39 Å². The van der Waals surface area contributed by atoms with E-state index in [2.05, 4.69) is 5.16 Å². The van der Waals surface area contributed by atoms with Gasteiger partial charge in [0.25, 0.3) is 0 Å². The van der Waals surface area contributed by atoms with Gasteiger partial charge < -0.3 is 14.2 Å². The Morgan fingerprint density at radius 2 is 1.67 bits per heavy atom. The zero-order valence-corrected chi connectivity index (χ0v) is 20.8. The molecule has 2 aliphatic rings. The number of anilines is 1. The van der Waals surface area contributed by atoms with Crippen LogP contribution in [0.5, 0.6) is 0 Å². The fraction of sp³-hybridized carbons (Fsp3) is 0.423. The van der Waals surface area contributed by atoms with Crippen LogP contribution in [0.25, 0.3) is 11.3 Å². The molecular weight excluding hydrogens is 519 g/mol. The maximum absolute atomic E-state index is 15.6. The SMILES string of the molecule is FC1(COCc2c(-c3c(Cl)cccc3Cl)noc2C2CC2)CCN(c2ccc(C(F)(F)F)cc2)CC1. The van der Waals surface area contributed by atoms with Crippen molar-refractivity contribution in [1.82, 2.24) is 5.16 Å². The molecule has 36 heavy (non-hydrogen) atoms. The maximum Gasteiger partial charge on any atom is 0.416 e. The molecule has 1 saturated carbocycles. The summed E-state index contributed by atoms with van der Waals surface area (Å²) in [6, 6.07) is 10.1. The van der Waals surface area contributed by atoms with Gasteiger partial charge in [-0.2, -0.15) is 13.2 Å². The molecule has 1 aliphatic carbocycles. The van der Waals surface area contributed by atoms with Crippen molar-refractivity contribution < 1.29 is 26.8 Å². The van der Waals surface area contributed by atoms with Crippen LogP contribution in [-0.4, -0.2) is 30.5 Å². The number of nitrogens with zero attached hydrogens (tertiary/aromatic N) is 2. The molecule has 0 amide bonds. The first-order valence-corrected chi connectivity index (χ1v) is 12.5. The lowest BCUT2D eigenvalue weighted by Gasteiger charge is -2.37. The van der Waals surface area contributed by atoms with Crippen LogP contribution >= 0.6 is 23.2 Å². The number of hydrogen-bond donors (Lipinski definition) is 0. The lowest BCUT2D eigenvalue weighted by atomic mass is 9.93. The first-order chi connectivity index (χ1) is 17.1. The van der Waals surface area contributed by atoms with Crippen molar-refractivity contribution in [3.05, 3.63) is 69.4 Å². The number of hydrogen-bond acceptors (Lipinski definition) is 4. The van der Waals surface area contributed by atoms with E-state index in [-0.39, 0.29) is 32.0 Å². The summed E-state index contributed by atoms with van der Waals surface area (Å²) in [7, 11) is 0. The monoisotopic (exact) mass is 542 g/mol. The van der Waals surface area contributed by atoms with Crippen molar-refractivity contribution in [2.75, 3.05) is 24.6 Å². The Bertz CT molecular complexity index is 1200. The highest BCUT2D eigenvalue weighted by Gasteiger charge is 2.37. The summed E-state index contributed by atoms with van der Waals surface area (Å²) in [5, 5.41) is 5.11. The summed E-state index contributed by atoms with van der Waals surface area (Å²) in [5.74, 6) is 0.989. The predicted octanol–water partition coefficient (Wildman–Crippen LogP) is 8.07. The number of rotatable bonds is 7. The van der Waals surface area contributed by atoms with Gasteiger partial charge in [-0.15, -0.1) is 0 Å². The maximum atomic E-state index is 15.6. The van der Waals surface area contributed by atoms with Crippen molar-refractivity contribution in [2.45, 2.75) is 50.1 Å². The zero-order chi connectivity index (χ0) is 25.5. The van der Waals surface area contributed by atoms with Crippen LogP contribution in [0.4, 0.5) is 23.2 Å². The lowest BCUT2D eigenvalue weighted by molar-refractivity contribution is -0.137. The third kappa shape index (κ3) is 5.36. The first kappa shape index (κ1) is 25.4. The topological polar surface area (TPSA) is 38.5 Å². The number of benzene rings is 2. The number of aromatic nitrogens is 1. The third-order valence-corrected chi connectivity index (χ3v) is 7.42. The minimum atomic E-state index is -4.38. The molecule has 0 radical (unpaired) electrons. The van der Waals surface area contributed by atoms with Gasteiger partial charge in [-0.3, -0.25) is 0 Å². The van der Waals surface area contributed by atoms with E-state index in [1.807, 2.05) is 4.90 Å². The predicted molar refractivity (Wildman–Crippen MR) is 130 cm³/mol. The van der Waals surface area contributed by atoms with Crippen LogP contribution in [-0.2, 0) is 17.5 Å². The standard InChI is InChI=1S/C26H24Cl2F4N2O2/c27-20-2-1-3-21(28)22(20)23-19(24(36-33-23)16-4-5-16)14-35-15-25(29)10-12-34(13-11-25)18-8-6-17(7-9-18)26(30,31)32/h1-3,6-9,16H,4-5,10-15H2. The van der Waals surface area contributed by atoms with Gasteiger partial charge in [-0.05, 0) is 49.2 Å². The highest BCUT2D eigenvalue weighted by Crippen LogP contribution is 2.46. The molecule has 1 aromatic heterocycles. The van der Waals surface area contributed by atoms with Gasteiger partial charge in [-0.25, -0.2) is 4.39 Å². The summed E-state index contributed by atoms with van der Waals surface area (Å²) in [6.45, 7) is 0.762. The number of ether oxygens (including phenoxy) is 1. The molecule has 0 spiro atoms. The molecule has 3 aromatic rings. The Hall–Kier alpha value is -2.29. The average molecular weight is 543 g/mol. The number of halogens is 6. The zero-order valence-electron chi connectivity index (χ0n) is 19.3. The molecule has 1 aliphatic heterocycles. The van der Waals surface area contributed by atoms with Crippen molar-refractivity contribution in [3.8, 4) is 11.3 Å². The smallest absolute Gasteiger partial charge is 0.373 e. The van der Waals surface area contributed by atoms with Gasteiger partial charge in [-0.1, -0.05) is 34.4 Å². The molecule has 2 aromatic carbocycles. The fourth-order valence-electron chi connectivity index (χ4n) is 4.56. The Labute approximate surface area is 216 Å². The Morgan fingerprint density at radius 3 is 2.25 bits per heavy atom. The largest absolute Gasteiger partial charge is 0.416 e. The summed E-state index contributed by atoms with van der Waals surface area (Å²) in [6.07, 6.45) is -1.99. The van der Waals surface area contributed by atoms with Crippen molar-refractivity contribution in [3.63, 3.8) is 0 Å². The van der Waals surface area contributed by atoms with Gasteiger partial charge >= 0.3 is 6.18 Å². The Morgan fingerprint density at radius 1 is 1.03 bits per heavy atom. The van der Waals surface area contributed by atoms with Crippen LogP contribution in [0.2, 0.25) is 10.0 Å². The first-order valence-electron chi connectivity index (χ1n) is 11.8.